The maximum atomic E-state index is 14.2. The van der Waals surface area contributed by atoms with E-state index in [-0.39, 0.29) is 21.0 Å². The molecule has 4 rings (SSSR count). The zero-order valence-electron chi connectivity index (χ0n) is 17.4. The van der Waals surface area contributed by atoms with Crippen LogP contribution < -0.4 is 4.72 Å². The van der Waals surface area contributed by atoms with E-state index in [1.54, 1.807) is 18.2 Å². The van der Waals surface area contributed by atoms with Crippen LogP contribution in [0.4, 0.5) is 18.9 Å². The number of benzene rings is 3. The molecule has 176 valence electrons. The number of ketones is 1. The number of aromatic hydroxyl groups is 1. The molecule has 1 heterocycles. The molecule has 0 aliphatic heterocycles. The monoisotopic (exact) mass is 514 g/mol. The predicted octanol–water partition coefficient (Wildman–Crippen LogP) is 5.44. The molecule has 0 atom stereocenters. The molecular formula is C24H13F3N2O4S2. The van der Waals surface area contributed by atoms with Gasteiger partial charge in [0.25, 0.3) is 10.0 Å². The molecule has 11 heteroatoms. The predicted molar refractivity (Wildman–Crippen MR) is 123 cm³/mol. The Balaban J connectivity index is 1.63. The van der Waals surface area contributed by atoms with Crippen molar-refractivity contribution in [1.82, 2.24) is 0 Å². The minimum absolute atomic E-state index is 0.0155. The minimum Gasteiger partial charge on any atom is -0.503 e. The van der Waals surface area contributed by atoms with Crippen LogP contribution in [0.3, 0.4) is 0 Å². The Hall–Kier alpha value is -4.14. The second-order valence-corrected chi connectivity index (χ2v) is 9.90. The molecule has 0 aliphatic carbocycles. The summed E-state index contributed by atoms with van der Waals surface area (Å²) in [6, 6.07) is 17.0. The second kappa shape index (κ2) is 9.25. The molecule has 1 aromatic heterocycles. The van der Waals surface area contributed by atoms with Crippen LogP contribution in [0.2, 0.25) is 0 Å². The lowest BCUT2D eigenvalue weighted by Crippen LogP contribution is -2.14. The molecule has 0 spiro atoms. The van der Waals surface area contributed by atoms with Gasteiger partial charge in [0.15, 0.2) is 17.4 Å². The van der Waals surface area contributed by atoms with Gasteiger partial charge in [-0.05, 0) is 48.0 Å². The zero-order valence-corrected chi connectivity index (χ0v) is 19.1. The summed E-state index contributed by atoms with van der Waals surface area (Å²) in [5.74, 6) is -7.47. The number of hydrogen-bond donors (Lipinski definition) is 2. The molecule has 35 heavy (non-hydrogen) atoms. The Morgan fingerprint density at radius 3 is 2.46 bits per heavy atom. The number of carbonyl (C=O) groups excluding carboxylic acids is 1. The molecule has 0 unspecified atom stereocenters. The van der Waals surface area contributed by atoms with E-state index in [1.807, 2.05) is 6.07 Å². The van der Waals surface area contributed by atoms with E-state index in [9.17, 15) is 36.8 Å². The number of nitriles is 1. The molecule has 6 nitrogen and oxygen atoms in total. The van der Waals surface area contributed by atoms with Gasteiger partial charge in [-0.15, -0.1) is 11.3 Å². The summed E-state index contributed by atoms with van der Waals surface area (Å²) < 4.78 is 69.0. The SMILES string of the molecule is N#Cc1ccccc1S(=O)(=O)Nc1cccc(-c2ccc(C(=O)c3cc(F)c(F)c(O)c3F)s2)c1. The van der Waals surface area contributed by atoms with Crippen molar-refractivity contribution in [2.45, 2.75) is 4.90 Å². The van der Waals surface area contributed by atoms with Crippen molar-refractivity contribution in [3.63, 3.8) is 0 Å². The molecule has 0 aliphatic rings. The van der Waals surface area contributed by atoms with E-state index < -0.39 is 44.6 Å². The highest BCUT2D eigenvalue weighted by molar-refractivity contribution is 7.92. The van der Waals surface area contributed by atoms with Gasteiger partial charge in [-0.25, -0.2) is 17.2 Å². The number of phenolic OH excluding ortho intramolecular Hbond substituents is 1. The van der Waals surface area contributed by atoms with E-state index in [0.29, 0.717) is 16.5 Å². The summed E-state index contributed by atoms with van der Waals surface area (Å²) in [5.41, 5.74) is -0.148. The van der Waals surface area contributed by atoms with E-state index in [2.05, 4.69) is 4.72 Å². The Kier molecular flexibility index (Phi) is 6.34. The Bertz CT molecular complexity index is 1630. The number of halogens is 3. The van der Waals surface area contributed by atoms with Crippen LogP contribution in [0.1, 0.15) is 20.8 Å². The van der Waals surface area contributed by atoms with Crippen molar-refractivity contribution < 1.29 is 31.5 Å². The maximum Gasteiger partial charge on any atom is 0.263 e. The average molecular weight is 515 g/mol. The molecule has 4 aromatic rings. The van der Waals surface area contributed by atoms with Crippen LogP contribution in [0.15, 0.2) is 71.6 Å². The van der Waals surface area contributed by atoms with Crippen molar-refractivity contribution in [2.24, 2.45) is 0 Å². The van der Waals surface area contributed by atoms with Crippen molar-refractivity contribution in [1.29, 1.82) is 5.26 Å². The number of nitrogens with zero attached hydrogens (tertiary/aromatic N) is 1. The first kappa shape index (κ1) is 24.0. The first-order valence-corrected chi connectivity index (χ1v) is 12.1. The number of thiophene rings is 1. The number of phenols is 1. The Morgan fingerprint density at radius 2 is 1.71 bits per heavy atom. The van der Waals surface area contributed by atoms with E-state index >= 15 is 0 Å². The molecule has 0 amide bonds. The normalized spacial score (nSPS) is 11.1. The quantitative estimate of drug-likeness (QED) is 0.263. The summed E-state index contributed by atoms with van der Waals surface area (Å²) in [7, 11) is -4.07. The van der Waals surface area contributed by atoms with Crippen LogP contribution in [-0.4, -0.2) is 19.3 Å². The lowest BCUT2D eigenvalue weighted by atomic mass is 10.1. The van der Waals surface area contributed by atoms with Crippen molar-refractivity contribution in [2.75, 3.05) is 4.72 Å². The van der Waals surface area contributed by atoms with Crippen molar-refractivity contribution >= 4 is 32.8 Å². The molecule has 0 fully saturated rings. The minimum atomic E-state index is -4.07. The highest BCUT2D eigenvalue weighted by Crippen LogP contribution is 2.33. The summed E-state index contributed by atoms with van der Waals surface area (Å²) in [6.45, 7) is 0. The topological polar surface area (TPSA) is 107 Å². The number of anilines is 1. The number of sulfonamides is 1. The van der Waals surface area contributed by atoms with Gasteiger partial charge in [-0.3, -0.25) is 9.52 Å². The van der Waals surface area contributed by atoms with Crippen LogP contribution in [0.5, 0.6) is 5.75 Å². The first-order chi connectivity index (χ1) is 16.6. The summed E-state index contributed by atoms with van der Waals surface area (Å²) in [5, 5.41) is 18.6. The molecule has 3 aromatic carbocycles. The van der Waals surface area contributed by atoms with Crippen molar-refractivity contribution in [3.05, 3.63) is 100 Å². The van der Waals surface area contributed by atoms with Gasteiger partial charge in [0.2, 0.25) is 11.6 Å². The number of rotatable bonds is 6. The molecule has 2 N–H and O–H groups in total. The molecule has 0 saturated heterocycles. The van der Waals surface area contributed by atoms with E-state index in [4.69, 9.17) is 0 Å². The Morgan fingerprint density at radius 1 is 0.971 bits per heavy atom. The zero-order chi connectivity index (χ0) is 25.3. The maximum absolute atomic E-state index is 14.2. The summed E-state index contributed by atoms with van der Waals surface area (Å²) in [4.78, 5) is 12.9. The standard InChI is InChI=1S/C24H13F3N2O4S2/c25-17-11-16(21(26)24(31)22(17)27)23(30)19-9-8-18(34-19)13-5-3-6-15(10-13)29-35(32,33)20-7-2-1-4-14(20)12-28/h1-11,29,31H. The van der Waals surface area contributed by atoms with Gasteiger partial charge < -0.3 is 5.11 Å². The second-order valence-electron chi connectivity index (χ2n) is 7.17. The van der Waals surface area contributed by atoms with E-state index in [0.717, 1.165) is 11.3 Å². The summed E-state index contributed by atoms with van der Waals surface area (Å²) >= 11 is 0.908. The van der Waals surface area contributed by atoms with Gasteiger partial charge in [-0.2, -0.15) is 9.65 Å². The largest absolute Gasteiger partial charge is 0.503 e. The average Bonchev–Trinajstić information content (AvgIpc) is 3.35. The number of hydrogen-bond acceptors (Lipinski definition) is 6. The molecule has 0 radical (unpaired) electrons. The summed E-state index contributed by atoms with van der Waals surface area (Å²) in [6.07, 6.45) is 0. The van der Waals surface area contributed by atoms with Gasteiger partial charge >= 0.3 is 0 Å². The molecule has 0 saturated carbocycles. The molecular weight excluding hydrogens is 501 g/mol. The van der Waals surface area contributed by atoms with Crippen molar-refractivity contribution in [3.8, 4) is 22.3 Å². The Labute approximate surface area is 201 Å². The van der Waals surface area contributed by atoms with Crippen LogP contribution in [0.25, 0.3) is 10.4 Å². The van der Waals surface area contributed by atoms with Gasteiger partial charge in [-0.1, -0.05) is 24.3 Å². The van der Waals surface area contributed by atoms with Crippen LogP contribution in [-0.2, 0) is 10.0 Å². The lowest BCUT2D eigenvalue weighted by molar-refractivity contribution is 0.103. The number of carbonyl (C=O) groups is 1. The van der Waals surface area contributed by atoms with Gasteiger partial charge in [0.05, 0.1) is 16.0 Å². The highest BCUT2D eigenvalue weighted by Gasteiger charge is 2.24. The van der Waals surface area contributed by atoms with Crippen LogP contribution >= 0.6 is 11.3 Å². The third-order valence-corrected chi connectivity index (χ3v) is 7.48. The third-order valence-electron chi connectivity index (χ3n) is 4.90. The fourth-order valence-corrected chi connectivity index (χ4v) is 5.41. The fraction of sp³-hybridized carbons (Fsp3) is 0. The fourth-order valence-electron chi connectivity index (χ4n) is 3.24. The first-order valence-electron chi connectivity index (χ1n) is 9.75. The molecule has 0 bridgehead atoms. The third kappa shape index (κ3) is 4.62. The number of nitrogens with one attached hydrogen (secondary N) is 1. The van der Waals surface area contributed by atoms with Gasteiger partial charge in [0, 0.05) is 10.6 Å². The van der Waals surface area contributed by atoms with E-state index in [1.165, 1.54) is 42.5 Å². The lowest BCUT2D eigenvalue weighted by Gasteiger charge is -2.10. The van der Waals surface area contributed by atoms with Gasteiger partial charge in [0.1, 0.15) is 11.0 Å². The smallest absolute Gasteiger partial charge is 0.263 e. The highest BCUT2D eigenvalue weighted by atomic mass is 32.2. The van der Waals surface area contributed by atoms with Crippen LogP contribution in [0, 0.1) is 28.8 Å².